The molecule has 2 aromatic carbocycles. The van der Waals surface area contributed by atoms with Crippen LogP contribution in [0.3, 0.4) is 0 Å². The predicted molar refractivity (Wildman–Crippen MR) is 188 cm³/mol. The fourth-order valence-corrected chi connectivity index (χ4v) is 7.60. The third-order valence-electron chi connectivity index (χ3n) is 11.0. The summed E-state index contributed by atoms with van der Waals surface area (Å²) >= 11 is 0. The topological polar surface area (TPSA) is 93.1 Å². The second-order valence-electron chi connectivity index (χ2n) is 15.1. The van der Waals surface area contributed by atoms with E-state index >= 15 is 8.78 Å². The Kier molecular flexibility index (Phi) is 14.4. The molecule has 6 nitrogen and oxygen atoms in total. The van der Waals surface area contributed by atoms with Crippen molar-refractivity contribution in [3.05, 3.63) is 71.3 Å². The molecule has 0 bridgehead atoms. The lowest BCUT2D eigenvalue weighted by molar-refractivity contribution is -0.157. The Bertz CT molecular complexity index is 1400. The first kappa shape index (κ1) is 38.7. The third-order valence-corrected chi connectivity index (χ3v) is 11.0. The molecule has 4 rings (SSSR count). The molecule has 0 heterocycles. The molecule has 0 aliphatic heterocycles. The fourth-order valence-electron chi connectivity index (χ4n) is 7.60. The van der Waals surface area contributed by atoms with E-state index in [2.05, 4.69) is 13.5 Å². The van der Waals surface area contributed by atoms with E-state index in [4.69, 9.17) is 9.47 Å². The number of aliphatic hydroxyl groups is 2. The van der Waals surface area contributed by atoms with Crippen molar-refractivity contribution in [1.29, 1.82) is 0 Å². The monoisotopic (exact) mass is 682 g/mol. The molecule has 2 aliphatic carbocycles. The number of aliphatic hydroxyl groups excluding tert-OH is 2. The number of benzene rings is 2. The lowest BCUT2D eigenvalue weighted by atomic mass is 9.68. The van der Waals surface area contributed by atoms with E-state index in [0.717, 1.165) is 43.4 Å². The van der Waals surface area contributed by atoms with E-state index in [-0.39, 0.29) is 36.1 Å². The molecule has 1 unspecified atom stereocenters. The molecule has 1 atom stereocenters. The van der Waals surface area contributed by atoms with Crippen LogP contribution in [0.15, 0.2) is 48.6 Å². The summed E-state index contributed by atoms with van der Waals surface area (Å²) in [7, 11) is 0. The standard InChI is InChI=1S/C41H56F2O6/c1-5-6-7-8-28-9-11-29(12-10-28)30-13-15-31(16-14-30)35-20-18-33(22-38(35)43)36-19-17-32(21-37(36)42)34(24-48-39(46)27(2)23-44)25-49-40(47)41(3,4)26-45/h17-22,28-31,34,44-45H,2,5-16,23-26H2,1,3-4H3. The van der Waals surface area contributed by atoms with Crippen molar-refractivity contribution in [1.82, 2.24) is 0 Å². The van der Waals surface area contributed by atoms with Crippen molar-refractivity contribution in [3.63, 3.8) is 0 Å². The zero-order valence-corrected chi connectivity index (χ0v) is 29.7. The van der Waals surface area contributed by atoms with Gasteiger partial charge in [0.25, 0.3) is 0 Å². The SMILES string of the molecule is C=C(CO)C(=O)OCC(COC(=O)C(C)(C)CO)c1ccc(-c2ccc(C3CCC(C4CCC(CCCCC)CC4)CC3)c(F)c2)c(F)c1. The maximum atomic E-state index is 15.6. The molecule has 0 saturated heterocycles. The molecule has 2 fully saturated rings. The number of hydrogen-bond acceptors (Lipinski definition) is 6. The zero-order chi connectivity index (χ0) is 35.6. The average Bonchev–Trinajstić information content (AvgIpc) is 3.11. The van der Waals surface area contributed by atoms with Gasteiger partial charge in [0, 0.05) is 5.56 Å². The maximum absolute atomic E-state index is 15.6. The largest absolute Gasteiger partial charge is 0.464 e. The highest BCUT2D eigenvalue weighted by Crippen LogP contribution is 2.45. The van der Waals surface area contributed by atoms with Crippen LogP contribution in [0.1, 0.15) is 121 Å². The highest BCUT2D eigenvalue weighted by molar-refractivity contribution is 5.87. The number of halogens is 2. The molecule has 2 aliphatic rings. The summed E-state index contributed by atoms with van der Waals surface area (Å²) in [6.07, 6.45) is 15.1. The van der Waals surface area contributed by atoms with Gasteiger partial charge in [0.15, 0.2) is 0 Å². The van der Waals surface area contributed by atoms with Crippen LogP contribution >= 0.6 is 0 Å². The predicted octanol–water partition coefficient (Wildman–Crippen LogP) is 9.03. The smallest absolute Gasteiger partial charge is 0.335 e. The number of carbonyl (C=O) groups excluding carboxylic acids is 2. The quantitative estimate of drug-likeness (QED) is 0.104. The van der Waals surface area contributed by atoms with Gasteiger partial charge in [0.1, 0.15) is 24.8 Å². The Balaban J connectivity index is 1.39. The summed E-state index contributed by atoms with van der Waals surface area (Å²) in [5.41, 5.74) is 0.464. The minimum Gasteiger partial charge on any atom is -0.464 e. The van der Waals surface area contributed by atoms with E-state index in [1.807, 2.05) is 6.07 Å². The van der Waals surface area contributed by atoms with Gasteiger partial charge in [-0.05, 0) is 105 Å². The fraction of sp³-hybridized carbons (Fsp3) is 0.610. The van der Waals surface area contributed by atoms with E-state index in [0.29, 0.717) is 16.7 Å². The van der Waals surface area contributed by atoms with Crippen molar-refractivity contribution < 1.29 is 38.1 Å². The number of hydrogen-bond donors (Lipinski definition) is 2. The summed E-state index contributed by atoms with van der Waals surface area (Å²) in [4.78, 5) is 24.6. The Morgan fingerprint density at radius 1 is 0.878 bits per heavy atom. The van der Waals surface area contributed by atoms with Gasteiger partial charge in [-0.15, -0.1) is 0 Å². The van der Waals surface area contributed by atoms with Gasteiger partial charge in [0.2, 0.25) is 0 Å². The molecule has 2 N–H and O–H groups in total. The number of esters is 2. The van der Waals surface area contributed by atoms with Gasteiger partial charge in [-0.25, -0.2) is 13.6 Å². The van der Waals surface area contributed by atoms with Crippen LogP contribution in [-0.2, 0) is 19.1 Å². The van der Waals surface area contributed by atoms with Crippen LogP contribution in [-0.4, -0.2) is 48.6 Å². The van der Waals surface area contributed by atoms with E-state index in [9.17, 15) is 19.8 Å². The summed E-state index contributed by atoms with van der Waals surface area (Å²) in [6, 6.07) is 9.45. The van der Waals surface area contributed by atoms with Crippen molar-refractivity contribution in [2.75, 3.05) is 26.4 Å². The van der Waals surface area contributed by atoms with Crippen LogP contribution in [0.2, 0.25) is 0 Å². The second kappa shape index (κ2) is 18.2. The first-order chi connectivity index (χ1) is 23.5. The maximum Gasteiger partial charge on any atom is 0.335 e. The molecule has 270 valence electrons. The lowest BCUT2D eigenvalue weighted by Crippen LogP contribution is -2.32. The number of unbranched alkanes of at least 4 members (excludes halogenated alkanes) is 2. The number of rotatable bonds is 16. The van der Waals surface area contributed by atoms with Gasteiger partial charge in [-0.1, -0.05) is 76.3 Å². The molecular weight excluding hydrogens is 626 g/mol. The van der Waals surface area contributed by atoms with Crippen LogP contribution in [0.4, 0.5) is 8.78 Å². The molecular formula is C41H56F2O6. The van der Waals surface area contributed by atoms with Crippen LogP contribution in [0, 0.1) is 34.8 Å². The lowest BCUT2D eigenvalue weighted by Gasteiger charge is -2.38. The van der Waals surface area contributed by atoms with Gasteiger partial charge >= 0.3 is 11.9 Å². The first-order valence-electron chi connectivity index (χ1n) is 18.3. The van der Waals surface area contributed by atoms with Gasteiger partial charge in [0.05, 0.1) is 30.1 Å². The van der Waals surface area contributed by atoms with Gasteiger partial charge in [-0.3, -0.25) is 4.79 Å². The number of carbonyl (C=O) groups is 2. The summed E-state index contributed by atoms with van der Waals surface area (Å²) in [6.45, 7) is 7.25. The Morgan fingerprint density at radius 2 is 1.53 bits per heavy atom. The molecule has 0 aromatic heterocycles. The molecule has 0 radical (unpaired) electrons. The molecule has 8 heteroatoms. The summed E-state index contributed by atoms with van der Waals surface area (Å²) < 4.78 is 41.9. The van der Waals surface area contributed by atoms with Gasteiger partial charge < -0.3 is 19.7 Å². The zero-order valence-electron chi connectivity index (χ0n) is 29.7. The van der Waals surface area contributed by atoms with Gasteiger partial charge in [-0.2, -0.15) is 0 Å². The van der Waals surface area contributed by atoms with Crippen LogP contribution in [0.25, 0.3) is 11.1 Å². The molecule has 2 saturated carbocycles. The Hall–Kier alpha value is -3.10. The Labute approximate surface area is 291 Å². The second-order valence-corrected chi connectivity index (χ2v) is 15.1. The highest BCUT2D eigenvalue weighted by atomic mass is 19.1. The van der Waals surface area contributed by atoms with Crippen LogP contribution < -0.4 is 0 Å². The minimum atomic E-state index is -1.15. The van der Waals surface area contributed by atoms with Crippen molar-refractivity contribution >= 4 is 11.9 Å². The van der Waals surface area contributed by atoms with E-state index in [1.54, 1.807) is 18.2 Å². The Morgan fingerprint density at radius 3 is 2.12 bits per heavy atom. The van der Waals surface area contributed by atoms with Crippen molar-refractivity contribution in [3.8, 4) is 11.1 Å². The summed E-state index contributed by atoms with van der Waals surface area (Å²) in [5, 5.41) is 18.7. The van der Waals surface area contributed by atoms with Crippen molar-refractivity contribution in [2.45, 2.75) is 110 Å². The normalized spacial score (nSPS) is 21.9. The summed E-state index contributed by atoms with van der Waals surface area (Å²) in [5.74, 6) is -0.497. The molecule has 49 heavy (non-hydrogen) atoms. The minimum absolute atomic E-state index is 0.146. The molecule has 0 spiro atoms. The van der Waals surface area contributed by atoms with E-state index < -0.39 is 42.3 Å². The third kappa shape index (κ3) is 10.5. The van der Waals surface area contributed by atoms with Crippen LogP contribution in [0.5, 0.6) is 0 Å². The molecule has 2 aromatic rings. The van der Waals surface area contributed by atoms with E-state index in [1.165, 1.54) is 77.3 Å². The highest BCUT2D eigenvalue weighted by Gasteiger charge is 2.33. The number of ether oxygens (including phenoxy) is 2. The first-order valence-corrected chi connectivity index (χ1v) is 18.3. The van der Waals surface area contributed by atoms with Crippen molar-refractivity contribution in [2.24, 2.45) is 23.2 Å². The average molecular weight is 683 g/mol. The molecule has 0 amide bonds.